The van der Waals surface area contributed by atoms with E-state index >= 15 is 0 Å². The van der Waals surface area contributed by atoms with Gasteiger partial charge in [0, 0.05) is 23.5 Å². The molecule has 37 heavy (non-hydrogen) atoms. The molecule has 0 radical (unpaired) electrons. The van der Waals surface area contributed by atoms with Gasteiger partial charge in [0.1, 0.15) is 4.90 Å². The first-order valence-electron chi connectivity index (χ1n) is 11.4. The smallest absolute Gasteiger partial charge is 0.310 e. The summed E-state index contributed by atoms with van der Waals surface area (Å²) >= 11 is 0. The first-order chi connectivity index (χ1) is 17.2. The number of aromatic amines is 1. The van der Waals surface area contributed by atoms with Crippen molar-refractivity contribution in [3.05, 3.63) is 67.0 Å². The van der Waals surface area contributed by atoms with E-state index in [9.17, 15) is 27.8 Å². The maximum absolute atomic E-state index is 13.2. The minimum absolute atomic E-state index is 0.180. The summed E-state index contributed by atoms with van der Waals surface area (Å²) < 4.78 is 90.9. The molecule has 0 bridgehead atoms. The van der Waals surface area contributed by atoms with Crippen molar-refractivity contribution in [1.29, 1.82) is 0 Å². The zero-order valence-electron chi connectivity index (χ0n) is 19.3. The van der Waals surface area contributed by atoms with Crippen LogP contribution in [0.15, 0.2) is 76.8 Å². The summed E-state index contributed by atoms with van der Waals surface area (Å²) in [5.74, 6) is 0.483. The highest BCUT2D eigenvalue weighted by Gasteiger charge is 2.65. The second-order valence-corrected chi connectivity index (χ2v) is 13.8. The number of nitrogens with zero attached hydrogens (tertiary/aromatic N) is 2. The van der Waals surface area contributed by atoms with Gasteiger partial charge in [0.2, 0.25) is 0 Å². The average Bonchev–Trinajstić information content (AvgIpc) is 3.31. The maximum atomic E-state index is 13.2. The number of rotatable bonds is 6. The second kappa shape index (κ2) is 8.15. The Kier molecular flexibility index (Phi) is 5.61. The third kappa shape index (κ3) is 5.42. The summed E-state index contributed by atoms with van der Waals surface area (Å²) in [6.45, 7) is 0. The van der Waals surface area contributed by atoms with E-state index in [-0.39, 0.29) is 16.6 Å². The molecule has 2 heterocycles. The van der Waals surface area contributed by atoms with Gasteiger partial charge in [0.15, 0.2) is 15.7 Å². The van der Waals surface area contributed by atoms with Crippen LogP contribution >= 0.6 is 10.2 Å². The van der Waals surface area contributed by atoms with Crippen molar-refractivity contribution in [3.8, 4) is 11.4 Å². The van der Waals surface area contributed by atoms with Crippen LogP contribution in [0.1, 0.15) is 25.7 Å². The fourth-order valence-electron chi connectivity index (χ4n) is 4.53. The van der Waals surface area contributed by atoms with Crippen molar-refractivity contribution < 1.29 is 27.8 Å². The van der Waals surface area contributed by atoms with Crippen LogP contribution in [0.3, 0.4) is 0 Å². The lowest BCUT2D eigenvalue weighted by Gasteiger charge is -2.40. The minimum Gasteiger partial charge on any atom is -0.382 e. The van der Waals surface area contributed by atoms with Gasteiger partial charge in [-0.1, -0.05) is 19.4 Å². The van der Waals surface area contributed by atoms with Gasteiger partial charge >= 0.3 is 10.2 Å². The van der Waals surface area contributed by atoms with Crippen LogP contribution in [-0.2, 0) is 9.84 Å². The highest BCUT2D eigenvalue weighted by atomic mass is 32.5. The number of nitrogens with one attached hydrogen (secondary N) is 2. The average molecular weight is 559 g/mol. The predicted molar refractivity (Wildman–Crippen MR) is 134 cm³/mol. The van der Waals surface area contributed by atoms with E-state index in [0.29, 0.717) is 49.2 Å². The van der Waals surface area contributed by atoms with Gasteiger partial charge < -0.3 is 10.3 Å². The summed E-state index contributed by atoms with van der Waals surface area (Å²) in [6, 6.07) is 10.7. The molecule has 0 spiro atoms. The number of hydrogen-bond donors (Lipinski definition) is 2. The number of halogens is 5. The van der Waals surface area contributed by atoms with Crippen molar-refractivity contribution in [2.75, 3.05) is 5.32 Å². The molecule has 6 nitrogen and oxygen atoms in total. The highest BCUT2D eigenvalue weighted by Crippen LogP contribution is 3.02. The summed E-state index contributed by atoms with van der Waals surface area (Å²) in [4.78, 5) is 10.0. The fraction of sp³-hybridized carbons (Fsp3) is 0.250. The number of hydrogen-bond acceptors (Lipinski definition) is 5. The Morgan fingerprint density at radius 1 is 0.865 bits per heavy atom. The van der Waals surface area contributed by atoms with Crippen LogP contribution in [0.5, 0.6) is 0 Å². The molecule has 0 amide bonds. The van der Waals surface area contributed by atoms with Crippen LogP contribution in [0.25, 0.3) is 22.4 Å². The van der Waals surface area contributed by atoms with E-state index in [0.717, 1.165) is 23.2 Å². The molecule has 0 atom stereocenters. The van der Waals surface area contributed by atoms with Crippen LogP contribution in [-0.4, -0.2) is 34.7 Å². The summed E-state index contributed by atoms with van der Waals surface area (Å²) in [5.41, 5.74) is 2.51. The molecule has 0 saturated heterocycles. The fourth-order valence-corrected chi connectivity index (χ4v) is 6.97. The van der Waals surface area contributed by atoms with Crippen LogP contribution in [0.4, 0.5) is 25.1 Å². The molecule has 0 aliphatic heterocycles. The highest BCUT2D eigenvalue weighted by molar-refractivity contribution is 8.45. The quantitative estimate of drug-likeness (QED) is 0.240. The van der Waals surface area contributed by atoms with Gasteiger partial charge in [-0.3, -0.25) is 0 Å². The molecular weight excluding hydrogens is 535 g/mol. The zero-order chi connectivity index (χ0) is 26.5. The lowest BCUT2D eigenvalue weighted by Crippen LogP contribution is -2.32. The van der Waals surface area contributed by atoms with Gasteiger partial charge in [-0.25, -0.2) is 18.4 Å². The first-order valence-corrected chi connectivity index (χ1v) is 14.9. The molecule has 0 unspecified atom stereocenters. The second-order valence-electron chi connectivity index (χ2n) is 9.15. The van der Waals surface area contributed by atoms with Gasteiger partial charge in [-0.2, -0.15) is 0 Å². The summed E-state index contributed by atoms with van der Waals surface area (Å²) in [5, 5.41) is 2.42. The van der Waals surface area contributed by atoms with Gasteiger partial charge in [-0.05, 0) is 80.3 Å². The van der Waals surface area contributed by atoms with Gasteiger partial charge in [-0.15, -0.1) is 0 Å². The monoisotopic (exact) mass is 558 g/mol. The van der Waals surface area contributed by atoms with E-state index in [1.807, 2.05) is 6.07 Å². The summed E-state index contributed by atoms with van der Waals surface area (Å²) in [7, 11) is -13.3. The molecular formula is C24H23F5N4O2S2. The maximum Gasteiger partial charge on any atom is 0.310 e. The van der Waals surface area contributed by atoms with Crippen LogP contribution in [0.2, 0.25) is 0 Å². The normalized spacial score (nSPS) is 20.8. The molecule has 1 fully saturated rings. The molecule has 1 aliphatic rings. The van der Waals surface area contributed by atoms with E-state index in [1.54, 1.807) is 36.7 Å². The Morgan fingerprint density at radius 3 is 2.14 bits per heavy atom. The lowest BCUT2D eigenvalue weighted by molar-refractivity contribution is 0.364. The van der Waals surface area contributed by atoms with Gasteiger partial charge in [0.05, 0.1) is 27.4 Å². The molecule has 198 valence electrons. The van der Waals surface area contributed by atoms with E-state index in [2.05, 4.69) is 20.3 Å². The Bertz CT molecular complexity index is 1550. The number of anilines is 1. The largest absolute Gasteiger partial charge is 0.382 e. The number of benzene rings is 2. The van der Waals surface area contributed by atoms with Crippen molar-refractivity contribution in [2.24, 2.45) is 0 Å². The lowest BCUT2D eigenvalue weighted by atomic mass is 9.95. The standard InChI is InChI=1S/C24H23F5N4O2S2/c25-37(26,27,28,29)21-11-5-18(6-12-21)32-17-3-9-20(10-4-17)36(34,35)19-7-1-16(2-8-19)24-31-15-23-22(33-24)13-14-30-23/h1-2,5-8,11-15,17,20,30,32H,3-4,9-10H2. The number of aromatic nitrogens is 3. The molecule has 4 aromatic rings. The van der Waals surface area contributed by atoms with Gasteiger partial charge in [0.25, 0.3) is 0 Å². The Morgan fingerprint density at radius 2 is 1.51 bits per heavy atom. The van der Waals surface area contributed by atoms with Crippen LogP contribution < -0.4 is 5.32 Å². The minimum atomic E-state index is -9.71. The van der Waals surface area contributed by atoms with E-state index in [4.69, 9.17) is 0 Å². The molecule has 1 aliphatic carbocycles. The molecule has 2 N–H and O–H groups in total. The number of H-pyrrole nitrogens is 1. The third-order valence-electron chi connectivity index (χ3n) is 6.52. The Labute approximate surface area is 210 Å². The topological polar surface area (TPSA) is 87.7 Å². The number of fused-ring (bicyclic) bond motifs is 1. The first kappa shape index (κ1) is 25.5. The van der Waals surface area contributed by atoms with E-state index < -0.39 is 30.2 Å². The van der Waals surface area contributed by atoms with Crippen molar-refractivity contribution in [1.82, 2.24) is 15.0 Å². The van der Waals surface area contributed by atoms with E-state index in [1.165, 1.54) is 0 Å². The molecule has 2 aromatic heterocycles. The third-order valence-corrected chi connectivity index (χ3v) is 9.96. The van der Waals surface area contributed by atoms with Crippen LogP contribution in [0, 0.1) is 0 Å². The molecule has 2 aromatic carbocycles. The molecule has 1 saturated carbocycles. The predicted octanol–water partition coefficient (Wildman–Crippen LogP) is 7.48. The zero-order valence-corrected chi connectivity index (χ0v) is 20.9. The number of sulfone groups is 1. The molecule has 13 heteroatoms. The Balaban J connectivity index is 1.22. The van der Waals surface area contributed by atoms with Crippen molar-refractivity contribution in [2.45, 2.75) is 46.8 Å². The Hall–Kier alpha value is -3.19. The molecule has 5 rings (SSSR count). The SMILES string of the molecule is O=S(=O)(c1ccc(-c2ncc3[nH]ccc3n2)cc1)C1CCC(Nc2ccc(S(F)(F)(F)(F)F)cc2)CC1. The van der Waals surface area contributed by atoms with Crippen molar-refractivity contribution in [3.63, 3.8) is 0 Å². The van der Waals surface area contributed by atoms with Crippen molar-refractivity contribution >= 4 is 36.8 Å². The summed E-state index contributed by atoms with van der Waals surface area (Å²) in [6.07, 6.45) is 5.08.